The summed E-state index contributed by atoms with van der Waals surface area (Å²) in [5, 5.41) is 4.10. The van der Waals surface area contributed by atoms with E-state index in [0.717, 1.165) is 50.3 Å². The first-order valence-electron chi connectivity index (χ1n) is 10.3. The van der Waals surface area contributed by atoms with Gasteiger partial charge in [-0.05, 0) is 55.3 Å². The summed E-state index contributed by atoms with van der Waals surface area (Å²) in [5.74, 6) is -0.0521. The van der Waals surface area contributed by atoms with Crippen LogP contribution in [0.2, 0.25) is 0 Å². The van der Waals surface area contributed by atoms with Crippen molar-refractivity contribution in [3.63, 3.8) is 0 Å². The highest BCUT2D eigenvalue weighted by molar-refractivity contribution is 5.94. The van der Waals surface area contributed by atoms with E-state index in [1.54, 1.807) is 0 Å². The molecule has 3 aromatic heterocycles. The van der Waals surface area contributed by atoms with Gasteiger partial charge in [0.25, 0.3) is 0 Å². The number of nitrogens with one attached hydrogen (secondary N) is 1. The van der Waals surface area contributed by atoms with Crippen molar-refractivity contribution in [3.05, 3.63) is 95.9 Å². The van der Waals surface area contributed by atoms with Gasteiger partial charge in [0.2, 0.25) is 5.91 Å². The zero-order valence-electron chi connectivity index (χ0n) is 17.5. The number of amides is 1. The molecule has 0 saturated heterocycles. The number of rotatable bonds is 4. The molecule has 5 aromatic rings. The molecule has 0 aliphatic rings. The molecule has 31 heavy (non-hydrogen) atoms. The number of benzene rings is 2. The van der Waals surface area contributed by atoms with E-state index >= 15 is 0 Å². The zero-order valence-corrected chi connectivity index (χ0v) is 17.5. The van der Waals surface area contributed by atoms with Crippen molar-refractivity contribution >= 4 is 28.1 Å². The summed E-state index contributed by atoms with van der Waals surface area (Å²) in [7, 11) is 0. The highest BCUT2D eigenvalue weighted by Crippen LogP contribution is 2.24. The molecule has 0 atom stereocenters. The summed E-state index contributed by atoms with van der Waals surface area (Å²) in [4.78, 5) is 22.1. The molecule has 0 saturated carbocycles. The average Bonchev–Trinajstić information content (AvgIpc) is 3.21. The van der Waals surface area contributed by atoms with Gasteiger partial charge in [0.05, 0.1) is 17.6 Å². The van der Waals surface area contributed by atoms with Gasteiger partial charge in [-0.15, -0.1) is 0 Å². The standard InChI is InChI=1S/C26H22N4O/c1-17-21-7-3-4-8-23(21)27-18(2)22(17)15-26(31)28-20-12-10-19(11-13-20)24-16-30-14-6-5-9-25(30)29-24/h3-14,16H,15H2,1-2H3,(H,28,31). The average molecular weight is 406 g/mol. The molecule has 0 aliphatic heterocycles. The van der Waals surface area contributed by atoms with Gasteiger partial charge in [-0.25, -0.2) is 4.98 Å². The first-order valence-corrected chi connectivity index (χ1v) is 10.3. The van der Waals surface area contributed by atoms with Crippen LogP contribution >= 0.6 is 0 Å². The van der Waals surface area contributed by atoms with Crippen molar-refractivity contribution in [3.8, 4) is 11.3 Å². The Morgan fingerprint density at radius 2 is 1.71 bits per heavy atom. The molecule has 1 amide bonds. The SMILES string of the molecule is Cc1nc2ccccc2c(C)c1CC(=O)Nc1ccc(-c2cn3ccccc3n2)cc1. The maximum absolute atomic E-state index is 12.7. The Hall–Kier alpha value is -3.99. The number of fused-ring (bicyclic) bond motifs is 2. The van der Waals surface area contributed by atoms with Crippen LogP contribution in [0, 0.1) is 13.8 Å². The fourth-order valence-corrected chi connectivity index (χ4v) is 3.99. The van der Waals surface area contributed by atoms with Crippen LogP contribution in [-0.2, 0) is 11.2 Å². The van der Waals surface area contributed by atoms with Gasteiger partial charge < -0.3 is 9.72 Å². The Bertz CT molecular complexity index is 1380. The fourth-order valence-electron chi connectivity index (χ4n) is 3.99. The van der Waals surface area contributed by atoms with Crippen molar-refractivity contribution in [1.29, 1.82) is 0 Å². The monoisotopic (exact) mass is 406 g/mol. The number of nitrogens with zero attached hydrogens (tertiary/aromatic N) is 3. The van der Waals surface area contributed by atoms with Crippen LogP contribution in [-0.4, -0.2) is 20.3 Å². The summed E-state index contributed by atoms with van der Waals surface area (Å²) < 4.78 is 1.99. The Kier molecular flexibility index (Phi) is 4.71. The lowest BCUT2D eigenvalue weighted by atomic mass is 9.99. The lowest BCUT2D eigenvalue weighted by Gasteiger charge is -2.13. The summed E-state index contributed by atoms with van der Waals surface area (Å²) in [6, 6.07) is 21.7. The van der Waals surface area contributed by atoms with E-state index in [0.29, 0.717) is 6.42 Å². The second-order valence-corrected chi connectivity index (χ2v) is 7.71. The largest absolute Gasteiger partial charge is 0.326 e. The predicted molar refractivity (Wildman–Crippen MR) is 124 cm³/mol. The van der Waals surface area contributed by atoms with E-state index in [-0.39, 0.29) is 5.91 Å². The second kappa shape index (κ2) is 7.69. The van der Waals surface area contributed by atoms with Crippen LogP contribution in [0.15, 0.2) is 79.1 Å². The van der Waals surface area contributed by atoms with Crippen LogP contribution in [0.5, 0.6) is 0 Å². The highest BCUT2D eigenvalue weighted by atomic mass is 16.1. The van der Waals surface area contributed by atoms with E-state index in [9.17, 15) is 4.79 Å². The predicted octanol–water partition coefficient (Wildman–Crippen LogP) is 5.35. The van der Waals surface area contributed by atoms with E-state index in [4.69, 9.17) is 0 Å². The topological polar surface area (TPSA) is 59.3 Å². The third kappa shape index (κ3) is 3.66. The van der Waals surface area contributed by atoms with E-state index in [2.05, 4.69) is 28.3 Å². The van der Waals surface area contributed by atoms with Crippen LogP contribution in [0.1, 0.15) is 16.8 Å². The number of para-hydroxylation sites is 1. The summed E-state index contributed by atoms with van der Waals surface area (Å²) in [6.45, 7) is 4.02. The molecule has 0 aliphatic carbocycles. The lowest BCUT2D eigenvalue weighted by molar-refractivity contribution is -0.115. The summed E-state index contributed by atoms with van der Waals surface area (Å²) >= 11 is 0. The molecular weight excluding hydrogens is 384 g/mol. The molecule has 1 N–H and O–H groups in total. The van der Waals surface area contributed by atoms with Gasteiger partial charge in [-0.3, -0.25) is 9.78 Å². The molecule has 2 aromatic carbocycles. The Labute approximate surface area is 180 Å². The molecule has 0 unspecified atom stereocenters. The van der Waals surface area contributed by atoms with Gasteiger partial charge >= 0.3 is 0 Å². The molecule has 5 heteroatoms. The number of carbonyl (C=O) groups excluding carboxylic acids is 1. The normalized spacial score (nSPS) is 11.2. The maximum atomic E-state index is 12.7. The smallest absolute Gasteiger partial charge is 0.228 e. The minimum absolute atomic E-state index is 0.0521. The molecule has 0 bridgehead atoms. The zero-order chi connectivity index (χ0) is 21.4. The molecule has 0 spiro atoms. The Morgan fingerprint density at radius 3 is 2.52 bits per heavy atom. The Balaban J connectivity index is 1.33. The van der Waals surface area contributed by atoms with Gasteiger partial charge in [-0.1, -0.05) is 36.4 Å². The number of imidazole rings is 1. The van der Waals surface area contributed by atoms with Crippen molar-refractivity contribution < 1.29 is 4.79 Å². The molecule has 3 heterocycles. The Morgan fingerprint density at radius 1 is 0.935 bits per heavy atom. The van der Waals surface area contributed by atoms with Gasteiger partial charge in [0.1, 0.15) is 5.65 Å². The van der Waals surface area contributed by atoms with Gasteiger partial charge in [0, 0.05) is 34.7 Å². The summed E-state index contributed by atoms with van der Waals surface area (Å²) in [5.41, 5.74) is 7.53. The van der Waals surface area contributed by atoms with E-state index in [1.165, 1.54) is 0 Å². The third-order valence-electron chi connectivity index (χ3n) is 5.65. The number of aryl methyl sites for hydroxylation is 2. The summed E-state index contributed by atoms with van der Waals surface area (Å²) in [6.07, 6.45) is 4.27. The van der Waals surface area contributed by atoms with Crippen molar-refractivity contribution in [2.24, 2.45) is 0 Å². The number of pyridine rings is 2. The number of aromatic nitrogens is 3. The first kappa shape index (κ1) is 19.0. The van der Waals surface area contributed by atoms with Crippen LogP contribution in [0.25, 0.3) is 27.8 Å². The van der Waals surface area contributed by atoms with E-state index < -0.39 is 0 Å². The lowest BCUT2D eigenvalue weighted by Crippen LogP contribution is -2.16. The number of carbonyl (C=O) groups is 1. The molecule has 152 valence electrons. The fraction of sp³-hybridized carbons (Fsp3) is 0.115. The number of hydrogen-bond donors (Lipinski definition) is 1. The molecule has 5 rings (SSSR count). The molecule has 5 nitrogen and oxygen atoms in total. The number of hydrogen-bond acceptors (Lipinski definition) is 3. The first-order chi connectivity index (χ1) is 15.1. The quantitative estimate of drug-likeness (QED) is 0.438. The van der Waals surface area contributed by atoms with Gasteiger partial charge in [0.15, 0.2) is 0 Å². The van der Waals surface area contributed by atoms with Crippen LogP contribution in [0.4, 0.5) is 5.69 Å². The molecule has 0 fully saturated rings. The molecular formula is C26H22N4O. The maximum Gasteiger partial charge on any atom is 0.228 e. The highest BCUT2D eigenvalue weighted by Gasteiger charge is 2.13. The van der Waals surface area contributed by atoms with Crippen molar-refractivity contribution in [2.75, 3.05) is 5.32 Å². The minimum Gasteiger partial charge on any atom is -0.326 e. The van der Waals surface area contributed by atoms with Gasteiger partial charge in [-0.2, -0.15) is 0 Å². The van der Waals surface area contributed by atoms with Crippen molar-refractivity contribution in [2.45, 2.75) is 20.3 Å². The number of anilines is 1. The van der Waals surface area contributed by atoms with Crippen LogP contribution < -0.4 is 5.32 Å². The third-order valence-corrected chi connectivity index (χ3v) is 5.65. The second-order valence-electron chi connectivity index (χ2n) is 7.71. The van der Waals surface area contributed by atoms with E-state index in [1.807, 2.05) is 84.4 Å². The molecule has 0 radical (unpaired) electrons. The van der Waals surface area contributed by atoms with Crippen molar-refractivity contribution in [1.82, 2.24) is 14.4 Å². The van der Waals surface area contributed by atoms with Crippen LogP contribution in [0.3, 0.4) is 0 Å². The minimum atomic E-state index is -0.0521.